The van der Waals surface area contributed by atoms with Gasteiger partial charge in [0.1, 0.15) is 34.5 Å². The van der Waals surface area contributed by atoms with Crippen LogP contribution >= 0.6 is 34.6 Å². The molecule has 0 spiro atoms. The normalized spacial score (nSPS) is 13.3. The minimum Gasteiger partial charge on any atom is -0.458 e. The van der Waals surface area contributed by atoms with Gasteiger partial charge in [-0.05, 0) is 180 Å². The summed E-state index contributed by atoms with van der Waals surface area (Å²) < 4.78 is 30.2. The van der Waals surface area contributed by atoms with Gasteiger partial charge >= 0.3 is 0 Å². The number of rotatable bonds is 11. The molecule has 14 aromatic carbocycles. The number of anilines is 16. The molecule has 0 atom stereocenters. The summed E-state index contributed by atoms with van der Waals surface area (Å²) in [4.78, 5) is 9.60. The molecule has 0 amide bonds. The van der Waals surface area contributed by atoms with E-state index >= 15 is 0 Å². The van der Waals surface area contributed by atoms with Crippen LogP contribution in [0.15, 0.2) is 309 Å². The molecular formula is C91H61B3N6O3S3. The van der Waals surface area contributed by atoms with E-state index < -0.39 is 0 Å². The lowest BCUT2D eigenvalue weighted by molar-refractivity contribution is 0.465. The van der Waals surface area contributed by atoms with Crippen LogP contribution in [0.4, 0.5) is 91.0 Å². The largest absolute Gasteiger partial charge is 0.458 e. The highest BCUT2D eigenvalue weighted by atomic mass is 32.2. The van der Waals surface area contributed by atoms with Crippen molar-refractivity contribution in [2.24, 2.45) is 0 Å². The van der Waals surface area contributed by atoms with Gasteiger partial charge < -0.3 is 39.1 Å². The summed E-state index contributed by atoms with van der Waals surface area (Å²) in [6.45, 7) is 3.60. The number of nitrogens with zero attached hydrogens (tertiary/aromatic N) is 5. The Labute approximate surface area is 627 Å². The van der Waals surface area contributed by atoms with Crippen molar-refractivity contribution in [1.29, 1.82) is 0 Å². The van der Waals surface area contributed by atoms with Crippen LogP contribution in [0.2, 0.25) is 0 Å². The number of aryl methyl sites for hydroxylation is 2. The van der Waals surface area contributed by atoms with E-state index in [1.54, 1.807) is 11.9 Å². The van der Waals surface area contributed by atoms with Gasteiger partial charge in [0.05, 0.1) is 34.1 Å². The van der Waals surface area contributed by atoms with Gasteiger partial charge in [-0.3, -0.25) is 4.31 Å². The molecule has 1 N–H and O–H groups in total. The lowest BCUT2D eigenvalue weighted by Gasteiger charge is -2.42. The standard InChI is InChI=1S/C91H61B3N6O3S3/c1-55-37-41-62(42-38-55)98(63-43-39-56(2)40-44-63)64-45-74-85-76(46-64)99(61-31-17-8-18-32-61)88-67-33-19-21-35-83(67)105-90(88)93(85)69-51-71-78(53-73(69)95-74)101-81-49-66(97(59-27-13-6-14-28-59)60-29-15-7-16-30-60)50-82-87(81)92(71)72-52-70-75(54-79(72)102-82)100(104-3)77-47-65(96(57-23-9-4-10-24-57)58-25-11-5-12-26-58)48-80-86(77)94(70)91-89(103-80)68-34-20-22-36-84(68)106-91/h4-54,95H,1-3H3. The summed E-state index contributed by atoms with van der Waals surface area (Å²) in [6.07, 6.45) is 2.19. The summed E-state index contributed by atoms with van der Waals surface area (Å²) in [5.41, 5.74) is 27.1. The molecule has 9 nitrogen and oxygen atoms in total. The lowest BCUT2D eigenvalue weighted by Crippen LogP contribution is -2.64. The van der Waals surface area contributed by atoms with Crippen molar-refractivity contribution in [2.75, 3.05) is 35.5 Å². The molecule has 106 heavy (non-hydrogen) atoms. The number of ether oxygens (including phenoxy) is 3. The smallest absolute Gasteiger partial charge is 0.268 e. The zero-order valence-corrected chi connectivity index (χ0v) is 60.3. The number of hydrogen-bond donors (Lipinski definition) is 1. The van der Waals surface area contributed by atoms with E-state index in [4.69, 9.17) is 14.2 Å². The molecule has 0 saturated carbocycles. The molecule has 15 heteroatoms. The van der Waals surface area contributed by atoms with Crippen molar-refractivity contribution in [3.8, 4) is 34.5 Å². The second-order valence-corrected chi connectivity index (χ2v) is 31.0. The Balaban J connectivity index is 0.787. The van der Waals surface area contributed by atoms with Crippen molar-refractivity contribution >= 4 is 214 Å². The molecular weight excluding hydrogens is 1350 g/mol. The topological polar surface area (TPSA) is 55.9 Å². The highest BCUT2D eigenvalue weighted by Gasteiger charge is 2.50. The van der Waals surface area contributed by atoms with Crippen LogP contribution in [-0.4, -0.2) is 26.4 Å². The Morgan fingerprint density at radius 1 is 0.340 bits per heavy atom. The summed E-state index contributed by atoms with van der Waals surface area (Å²) >= 11 is 5.45. The molecule has 6 aliphatic rings. The predicted molar refractivity (Wildman–Crippen MR) is 451 cm³/mol. The molecule has 0 saturated heterocycles. The lowest BCUT2D eigenvalue weighted by atomic mass is 9.31. The molecule has 0 bridgehead atoms. The van der Waals surface area contributed by atoms with Crippen molar-refractivity contribution in [1.82, 2.24) is 0 Å². The number of hydrogen-bond acceptors (Lipinski definition) is 12. The zero-order chi connectivity index (χ0) is 70.0. The van der Waals surface area contributed by atoms with Gasteiger partial charge in [0.15, 0.2) is 0 Å². The maximum absolute atomic E-state index is 7.72. The van der Waals surface area contributed by atoms with Crippen LogP contribution < -0.4 is 91.2 Å². The summed E-state index contributed by atoms with van der Waals surface area (Å²) in [5.74, 6) is 4.81. The predicted octanol–water partition coefficient (Wildman–Crippen LogP) is 19.6. The fraction of sp³-hybridized carbons (Fsp3) is 0.0330. The minimum absolute atomic E-state index is 0.181. The molecule has 500 valence electrons. The van der Waals surface area contributed by atoms with E-state index in [1.165, 1.54) is 57.5 Å². The molecule has 0 unspecified atom stereocenters. The average molecular weight is 1420 g/mol. The molecule has 8 heterocycles. The molecule has 6 aliphatic heterocycles. The zero-order valence-electron chi connectivity index (χ0n) is 57.9. The summed E-state index contributed by atoms with van der Waals surface area (Å²) in [7, 11) is 0. The minimum atomic E-state index is -0.339. The Morgan fingerprint density at radius 3 is 1.37 bits per heavy atom. The highest BCUT2D eigenvalue weighted by molar-refractivity contribution is 8.00. The fourth-order valence-electron chi connectivity index (χ4n) is 17.4. The molecule has 22 rings (SSSR count). The van der Waals surface area contributed by atoms with E-state index in [1.807, 2.05) is 22.7 Å². The van der Waals surface area contributed by atoms with E-state index in [2.05, 4.69) is 359 Å². The molecule has 0 aliphatic carbocycles. The first-order chi connectivity index (χ1) is 52.3. The molecule has 0 fully saturated rings. The van der Waals surface area contributed by atoms with Gasteiger partial charge in [0.2, 0.25) is 0 Å². The van der Waals surface area contributed by atoms with Gasteiger partial charge in [-0.15, -0.1) is 22.7 Å². The third-order valence-electron chi connectivity index (χ3n) is 21.9. The van der Waals surface area contributed by atoms with Crippen LogP contribution in [0.1, 0.15) is 11.1 Å². The van der Waals surface area contributed by atoms with E-state index in [0.29, 0.717) is 0 Å². The third kappa shape index (κ3) is 9.38. The van der Waals surface area contributed by atoms with Gasteiger partial charge in [0, 0.05) is 129 Å². The summed E-state index contributed by atoms with van der Waals surface area (Å²) in [6, 6.07) is 113. The second kappa shape index (κ2) is 23.9. The number of fused-ring (bicyclic) bond motifs is 16. The number of nitrogens with one attached hydrogen (secondary N) is 1. The summed E-state index contributed by atoms with van der Waals surface area (Å²) in [5, 5.41) is 6.54. The fourth-order valence-corrected chi connectivity index (χ4v) is 20.6. The molecule has 16 aromatic rings. The Kier molecular flexibility index (Phi) is 13.8. The maximum atomic E-state index is 7.72. The monoisotopic (exact) mass is 1410 g/mol. The van der Waals surface area contributed by atoms with Crippen LogP contribution in [0.5, 0.6) is 34.5 Å². The number of para-hydroxylation sites is 5. The van der Waals surface area contributed by atoms with Crippen molar-refractivity contribution < 1.29 is 14.2 Å². The van der Waals surface area contributed by atoms with Crippen molar-refractivity contribution in [3.63, 3.8) is 0 Å². The Bertz CT molecular complexity index is 6170. The Hall–Kier alpha value is -12.3. The van der Waals surface area contributed by atoms with Gasteiger partial charge in [-0.25, -0.2) is 0 Å². The SMILES string of the molecule is CSN1c2cc3c(cc2B2c4sc5ccccc5c4Oc4cc(N(c5ccccc5)c5ccccc5)cc1c42)B1c2cc4c(cc2Oc2cc(N(c5ccccc5)c5ccccc5)cc(c21)O3)Nc1cc(N(c2ccc(C)cc2)c2ccc(C)cc2)cc2c1B4c1sc3ccccc3c1N2c1ccccc1. The van der Waals surface area contributed by atoms with E-state index in [-0.39, 0.29) is 20.1 Å². The van der Waals surface area contributed by atoms with Gasteiger partial charge in [-0.1, -0.05) is 169 Å². The average Bonchev–Trinajstić information content (AvgIpc) is 1.41. The van der Waals surface area contributed by atoms with Crippen LogP contribution in [0.3, 0.4) is 0 Å². The van der Waals surface area contributed by atoms with Crippen LogP contribution in [0, 0.1) is 13.8 Å². The first kappa shape index (κ1) is 61.2. The van der Waals surface area contributed by atoms with E-state index in [0.717, 1.165) is 147 Å². The van der Waals surface area contributed by atoms with Crippen LogP contribution in [-0.2, 0) is 0 Å². The highest BCUT2D eigenvalue weighted by Crippen LogP contribution is 2.53. The number of thiophene rings is 2. The molecule has 2 aromatic heterocycles. The molecule has 0 radical (unpaired) electrons. The first-order valence-corrected chi connectivity index (χ1v) is 38.8. The van der Waals surface area contributed by atoms with E-state index in [9.17, 15) is 0 Å². The number of benzene rings is 14. The van der Waals surface area contributed by atoms with Crippen molar-refractivity contribution in [3.05, 3.63) is 321 Å². The van der Waals surface area contributed by atoms with Crippen LogP contribution in [0.25, 0.3) is 20.2 Å². The van der Waals surface area contributed by atoms with Gasteiger partial charge in [0.25, 0.3) is 20.1 Å². The third-order valence-corrected chi connectivity index (χ3v) is 25.1. The quantitative estimate of drug-likeness (QED) is 0.100. The van der Waals surface area contributed by atoms with Gasteiger partial charge in [-0.2, -0.15) is 0 Å². The maximum Gasteiger partial charge on any atom is 0.268 e. The first-order valence-electron chi connectivity index (χ1n) is 36.0. The Morgan fingerprint density at radius 2 is 0.792 bits per heavy atom. The van der Waals surface area contributed by atoms with Crippen molar-refractivity contribution in [2.45, 2.75) is 13.8 Å². The second-order valence-electron chi connectivity index (χ2n) is 28.1.